The molecular formula is C15H17NO3. The summed E-state index contributed by atoms with van der Waals surface area (Å²) in [4.78, 5) is 25.3. The highest BCUT2D eigenvalue weighted by Gasteiger charge is 2.36. The summed E-state index contributed by atoms with van der Waals surface area (Å²) in [6.07, 6.45) is 3.09. The fraction of sp³-hybridized carbons (Fsp3) is 0.333. The van der Waals surface area contributed by atoms with Crippen LogP contribution >= 0.6 is 0 Å². The maximum Gasteiger partial charge on any atom is 0.330 e. The number of methoxy groups -OCH3 is 1. The standard InChI is InChI=1S/C15H17NO3/c1-10(2)16-13(8-9-14(17)19-3)11-6-4-5-7-12(11)15(16)18/h4-10,13H,1-3H3/b9-8+. The van der Waals surface area contributed by atoms with Crippen LogP contribution in [-0.2, 0) is 9.53 Å². The molecule has 1 aromatic rings. The molecule has 1 heterocycles. The summed E-state index contributed by atoms with van der Waals surface area (Å²) in [6.45, 7) is 3.92. The highest BCUT2D eigenvalue weighted by atomic mass is 16.5. The number of rotatable bonds is 3. The summed E-state index contributed by atoms with van der Waals surface area (Å²) in [7, 11) is 1.33. The van der Waals surface area contributed by atoms with E-state index in [1.54, 1.807) is 11.0 Å². The first-order chi connectivity index (χ1) is 9.06. The Morgan fingerprint density at radius 3 is 2.68 bits per heavy atom. The number of carbonyl (C=O) groups is 2. The van der Waals surface area contributed by atoms with E-state index in [9.17, 15) is 9.59 Å². The fourth-order valence-corrected chi connectivity index (χ4v) is 2.35. The van der Waals surface area contributed by atoms with Crippen LogP contribution in [0.15, 0.2) is 36.4 Å². The Morgan fingerprint density at radius 1 is 1.37 bits per heavy atom. The van der Waals surface area contributed by atoms with E-state index in [-0.39, 0.29) is 18.0 Å². The van der Waals surface area contributed by atoms with Gasteiger partial charge in [0.1, 0.15) is 0 Å². The van der Waals surface area contributed by atoms with Gasteiger partial charge in [-0.05, 0) is 25.5 Å². The Balaban J connectivity index is 2.40. The van der Waals surface area contributed by atoms with Gasteiger partial charge < -0.3 is 9.64 Å². The third kappa shape index (κ3) is 2.38. The van der Waals surface area contributed by atoms with Crippen molar-refractivity contribution >= 4 is 11.9 Å². The number of ether oxygens (including phenoxy) is 1. The molecule has 0 saturated heterocycles. The zero-order chi connectivity index (χ0) is 14.0. The lowest BCUT2D eigenvalue weighted by Gasteiger charge is -2.26. The highest BCUT2D eigenvalue weighted by molar-refractivity contribution is 5.99. The monoisotopic (exact) mass is 259 g/mol. The van der Waals surface area contributed by atoms with E-state index in [4.69, 9.17) is 0 Å². The molecule has 0 radical (unpaired) electrons. The summed E-state index contributed by atoms with van der Waals surface area (Å²) in [5, 5.41) is 0. The molecular weight excluding hydrogens is 242 g/mol. The van der Waals surface area contributed by atoms with Gasteiger partial charge in [0.05, 0.1) is 13.2 Å². The predicted octanol–water partition coefficient (Wildman–Crippen LogP) is 2.32. The Labute approximate surface area is 112 Å². The van der Waals surface area contributed by atoms with Crippen molar-refractivity contribution in [3.63, 3.8) is 0 Å². The van der Waals surface area contributed by atoms with Crippen molar-refractivity contribution in [1.82, 2.24) is 4.90 Å². The van der Waals surface area contributed by atoms with E-state index in [1.807, 2.05) is 38.1 Å². The molecule has 0 saturated carbocycles. The van der Waals surface area contributed by atoms with Crippen LogP contribution < -0.4 is 0 Å². The molecule has 0 spiro atoms. The first-order valence-electron chi connectivity index (χ1n) is 6.24. The summed E-state index contributed by atoms with van der Waals surface area (Å²) in [5.74, 6) is -0.411. The Bertz CT molecular complexity index is 534. The smallest absolute Gasteiger partial charge is 0.330 e. The maximum atomic E-state index is 12.3. The first kappa shape index (κ1) is 13.3. The minimum Gasteiger partial charge on any atom is -0.466 e. The fourth-order valence-electron chi connectivity index (χ4n) is 2.35. The molecule has 2 rings (SSSR count). The van der Waals surface area contributed by atoms with Crippen molar-refractivity contribution in [2.24, 2.45) is 0 Å². The van der Waals surface area contributed by atoms with Crippen molar-refractivity contribution in [2.45, 2.75) is 25.9 Å². The van der Waals surface area contributed by atoms with Crippen LogP contribution in [-0.4, -0.2) is 29.9 Å². The first-order valence-corrected chi connectivity index (χ1v) is 6.24. The second-order valence-electron chi connectivity index (χ2n) is 4.72. The Kier molecular flexibility index (Phi) is 3.69. The topological polar surface area (TPSA) is 46.6 Å². The van der Waals surface area contributed by atoms with Crippen LogP contribution in [0.1, 0.15) is 35.8 Å². The lowest BCUT2D eigenvalue weighted by Crippen LogP contribution is -2.33. The van der Waals surface area contributed by atoms with Crippen LogP contribution in [0.25, 0.3) is 0 Å². The van der Waals surface area contributed by atoms with Crippen LogP contribution in [0.4, 0.5) is 0 Å². The van der Waals surface area contributed by atoms with Crippen LogP contribution in [0.5, 0.6) is 0 Å². The second-order valence-corrected chi connectivity index (χ2v) is 4.72. The number of benzene rings is 1. The number of hydrogen-bond donors (Lipinski definition) is 0. The molecule has 0 N–H and O–H groups in total. The second kappa shape index (κ2) is 5.26. The lowest BCUT2D eigenvalue weighted by atomic mass is 10.0. The molecule has 1 aliphatic rings. The Morgan fingerprint density at radius 2 is 2.05 bits per heavy atom. The zero-order valence-electron chi connectivity index (χ0n) is 11.3. The summed E-state index contributed by atoms with van der Waals surface area (Å²) < 4.78 is 4.59. The molecule has 1 atom stereocenters. The van der Waals surface area contributed by atoms with Gasteiger partial charge in [0.15, 0.2) is 0 Å². The normalized spacial score (nSPS) is 18.2. The van der Waals surface area contributed by atoms with Crippen molar-refractivity contribution in [2.75, 3.05) is 7.11 Å². The molecule has 1 aliphatic heterocycles. The minimum absolute atomic E-state index is 0.00474. The van der Waals surface area contributed by atoms with Gasteiger partial charge in [0.25, 0.3) is 5.91 Å². The number of fused-ring (bicyclic) bond motifs is 1. The number of nitrogens with zero attached hydrogens (tertiary/aromatic N) is 1. The summed E-state index contributed by atoms with van der Waals surface area (Å²) in [6, 6.07) is 7.34. The van der Waals surface area contributed by atoms with Gasteiger partial charge in [0.2, 0.25) is 0 Å². The van der Waals surface area contributed by atoms with E-state index < -0.39 is 5.97 Å². The SMILES string of the molecule is COC(=O)/C=C/C1c2ccccc2C(=O)N1C(C)C. The van der Waals surface area contributed by atoms with E-state index in [0.717, 1.165) is 5.56 Å². The number of amides is 1. The van der Waals surface area contributed by atoms with Gasteiger partial charge in [-0.15, -0.1) is 0 Å². The molecule has 0 bridgehead atoms. The highest BCUT2D eigenvalue weighted by Crippen LogP contribution is 2.35. The van der Waals surface area contributed by atoms with Crippen LogP contribution in [0.2, 0.25) is 0 Å². The average Bonchev–Trinajstić information content (AvgIpc) is 2.69. The minimum atomic E-state index is -0.416. The molecule has 0 fully saturated rings. The molecule has 19 heavy (non-hydrogen) atoms. The van der Waals surface area contributed by atoms with E-state index >= 15 is 0 Å². The molecule has 4 nitrogen and oxygen atoms in total. The number of hydrogen-bond acceptors (Lipinski definition) is 3. The third-order valence-corrected chi connectivity index (χ3v) is 3.22. The van der Waals surface area contributed by atoms with Gasteiger partial charge in [-0.3, -0.25) is 4.79 Å². The van der Waals surface area contributed by atoms with E-state index in [1.165, 1.54) is 13.2 Å². The molecule has 1 amide bonds. The predicted molar refractivity (Wildman–Crippen MR) is 71.6 cm³/mol. The van der Waals surface area contributed by atoms with Crippen LogP contribution in [0.3, 0.4) is 0 Å². The van der Waals surface area contributed by atoms with Crippen LogP contribution in [0, 0.1) is 0 Å². The van der Waals surface area contributed by atoms with Gasteiger partial charge in [-0.25, -0.2) is 4.79 Å². The van der Waals surface area contributed by atoms with Crippen molar-refractivity contribution in [3.8, 4) is 0 Å². The largest absolute Gasteiger partial charge is 0.466 e. The molecule has 0 aliphatic carbocycles. The maximum absolute atomic E-state index is 12.3. The lowest BCUT2D eigenvalue weighted by molar-refractivity contribution is -0.134. The van der Waals surface area contributed by atoms with Gasteiger partial charge >= 0.3 is 5.97 Å². The van der Waals surface area contributed by atoms with Crippen molar-refractivity contribution in [3.05, 3.63) is 47.5 Å². The third-order valence-electron chi connectivity index (χ3n) is 3.22. The molecule has 4 heteroatoms. The van der Waals surface area contributed by atoms with Gasteiger partial charge in [-0.1, -0.05) is 24.3 Å². The van der Waals surface area contributed by atoms with E-state index in [2.05, 4.69) is 4.74 Å². The van der Waals surface area contributed by atoms with Gasteiger partial charge in [0, 0.05) is 17.7 Å². The summed E-state index contributed by atoms with van der Waals surface area (Å²) in [5.41, 5.74) is 1.64. The van der Waals surface area contributed by atoms with E-state index in [0.29, 0.717) is 5.56 Å². The van der Waals surface area contributed by atoms with Gasteiger partial charge in [-0.2, -0.15) is 0 Å². The van der Waals surface area contributed by atoms with Crippen molar-refractivity contribution in [1.29, 1.82) is 0 Å². The molecule has 0 aromatic heterocycles. The molecule has 1 aromatic carbocycles. The quantitative estimate of drug-likeness (QED) is 0.618. The molecule has 100 valence electrons. The number of carbonyl (C=O) groups excluding carboxylic acids is 2. The Hall–Kier alpha value is -2.10. The zero-order valence-corrected chi connectivity index (χ0v) is 11.3. The summed E-state index contributed by atoms with van der Waals surface area (Å²) >= 11 is 0. The van der Waals surface area contributed by atoms with Crippen molar-refractivity contribution < 1.29 is 14.3 Å². The number of esters is 1. The molecule has 1 unspecified atom stereocenters. The average molecular weight is 259 g/mol.